The molecule has 0 aliphatic heterocycles. The van der Waals surface area contributed by atoms with Crippen molar-refractivity contribution in [2.24, 2.45) is 0 Å². The monoisotopic (exact) mass is 474 g/mol. The van der Waals surface area contributed by atoms with Crippen LogP contribution in [0.2, 0.25) is 0 Å². The molecule has 2 atom stereocenters. The summed E-state index contributed by atoms with van der Waals surface area (Å²) in [6.45, 7) is 14.7. The molecule has 4 aromatic carbocycles. The maximum atomic E-state index is 2.51. The Labute approximate surface area is 219 Å². The maximum Gasteiger partial charge on any atom is 0.00274 e. The van der Waals surface area contributed by atoms with E-state index in [0.29, 0.717) is 0 Å². The lowest BCUT2D eigenvalue weighted by Crippen LogP contribution is -2.51. The first-order valence-electron chi connectivity index (χ1n) is 13.3. The van der Waals surface area contributed by atoms with Crippen molar-refractivity contribution >= 4 is 0 Å². The predicted molar refractivity (Wildman–Crippen MR) is 156 cm³/mol. The van der Waals surface area contributed by atoms with Gasteiger partial charge in [-0.2, -0.15) is 0 Å². The van der Waals surface area contributed by atoms with E-state index < -0.39 is 0 Å². The van der Waals surface area contributed by atoms with Gasteiger partial charge in [-0.25, -0.2) is 0 Å². The van der Waals surface area contributed by atoms with Gasteiger partial charge in [0.05, 0.1) is 0 Å². The van der Waals surface area contributed by atoms with Crippen LogP contribution in [0, 0.1) is 0 Å². The van der Waals surface area contributed by atoms with Crippen molar-refractivity contribution in [3.8, 4) is 0 Å². The highest BCUT2D eigenvalue weighted by Crippen LogP contribution is 2.55. The van der Waals surface area contributed by atoms with Gasteiger partial charge in [0.25, 0.3) is 0 Å². The molecule has 2 unspecified atom stereocenters. The lowest BCUT2D eigenvalue weighted by atomic mass is 9.50. The van der Waals surface area contributed by atoms with E-state index in [1.807, 2.05) is 0 Å². The van der Waals surface area contributed by atoms with Gasteiger partial charge in [-0.05, 0) is 45.9 Å². The lowest BCUT2D eigenvalue weighted by molar-refractivity contribution is 0.155. The minimum atomic E-state index is -0.124. The Bertz CT molecular complexity index is 1120. The van der Waals surface area contributed by atoms with Gasteiger partial charge in [0.1, 0.15) is 0 Å². The van der Waals surface area contributed by atoms with Gasteiger partial charge in [0.2, 0.25) is 0 Å². The summed E-state index contributed by atoms with van der Waals surface area (Å²) >= 11 is 0. The SMILES string of the molecule is CC(C)(CC(C)(c1ccccc1)C(C)(CC(C)(C)c1ccccc1)c1ccccc1)c1ccccc1. The highest BCUT2D eigenvalue weighted by atomic mass is 14.5. The average molecular weight is 475 g/mol. The van der Waals surface area contributed by atoms with Crippen molar-refractivity contribution in [1.82, 2.24) is 0 Å². The molecule has 186 valence electrons. The molecule has 0 heterocycles. The normalized spacial score (nSPS) is 15.6. The summed E-state index contributed by atoms with van der Waals surface area (Å²) in [5.74, 6) is 0. The van der Waals surface area contributed by atoms with Crippen LogP contribution < -0.4 is 0 Å². The standard InChI is InChI=1S/C36H42/c1-33(2,29-19-11-7-12-20-29)27-35(5,31-23-15-9-16-24-31)36(6,32-25-17-10-18-26-32)28-34(3,4)30-21-13-8-14-22-30/h7-26H,27-28H2,1-6H3. The van der Waals surface area contributed by atoms with Crippen LogP contribution in [-0.2, 0) is 21.7 Å². The van der Waals surface area contributed by atoms with Crippen molar-refractivity contribution in [2.75, 3.05) is 0 Å². The van der Waals surface area contributed by atoms with E-state index in [4.69, 9.17) is 0 Å². The van der Waals surface area contributed by atoms with Crippen LogP contribution in [0.5, 0.6) is 0 Å². The summed E-state index contributed by atoms with van der Waals surface area (Å²) in [6, 6.07) is 44.6. The quantitative estimate of drug-likeness (QED) is 0.226. The molecule has 0 fully saturated rings. The van der Waals surface area contributed by atoms with Gasteiger partial charge < -0.3 is 0 Å². The molecule has 0 spiro atoms. The minimum absolute atomic E-state index is 0.00121. The summed E-state index contributed by atoms with van der Waals surface area (Å²) in [5.41, 5.74) is 5.35. The van der Waals surface area contributed by atoms with E-state index in [1.165, 1.54) is 22.3 Å². The molecule has 0 saturated carbocycles. The Hall–Kier alpha value is -3.12. The fourth-order valence-corrected chi connectivity index (χ4v) is 6.59. The fourth-order valence-electron chi connectivity index (χ4n) is 6.59. The lowest BCUT2D eigenvalue weighted by Gasteiger charge is -2.54. The average Bonchev–Trinajstić information content (AvgIpc) is 2.90. The topological polar surface area (TPSA) is 0 Å². The molecule has 0 saturated heterocycles. The van der Waals surface area contributed by atoms with Crippen LogP contribution in [0.4, 0.5) is 0 Å². The zero-order valence-electron chi connectivity index (χ0n) is 23.0. The molecule has 4 aromatic rings. The second-order valence-corrected chi connectivity index (χ2v) is 12.2. The van der Waals surface area contributed by atoms with Crippen LogP contribution in [0.15, 0.2) is 121 Å². The largest absolute Gasteiger partial charge is 0.0622 e. The minimum Gasteiger partial charge on any atom is -0.0622 e. The van der Waals surface area contributed by atoms with E-state index in [1.54, 1.807) is 0 Å². The van der Waals surface area contributed by atoms with Gasteiger partial charge in [-0.15, -0.1) is 0 Å². The van der Waals surface area contributed by atoms with Crippen LogP contribution >= 0.6 is 0 Å². The third kappa shape index (κ3) is 5.05. The predicted octanol–water partition coefficient (Wildman–Crippen LogP) is 9.64. The van der Waals surface area contributed by atoms with E-state index in [0.717, 1.165) is 12.8 Å². The van der Waals surface area contributed by atoms with Crippen molar-refractivity contribution in [3.63, 3.8) is 0 Å². The molecule has 4 rings (SSSR count). The zero-order chi connectivity index (χ0) is 25.9. The second kappa shape index (κ2) is 10.1. The Kier molecular flexibility index (Phi) is 7.28. The van der Waals surface area contributed by atoms with E-state index >= 15 is 0 Å². The smallest absolute Gasteiger partial charge is 0.00274 e. The Morgan fingerprint density at radius 1 is 0.333 bits per heavy atom. The first-order chi connectivity index (χ1) is 17.1. The molecule has 0 aliphatic carbocycles. The number of hydrogen-bond acceptors (Lipinski definition) is 0. The molecule has 0 heteroatoms. The number of rotatable bonds is 9. The van der Waals surface area contributed by atoms with E-state index in [9.17, 15) is 0 Å². The Morgan fingerprint density at radius 2 is 0.556 bits per heavy atom. The number of hydrogen-bond donors (Lipinski definition) is 0. The molecule has 0 radical (unpaired) electrons. The number of benzene rings is 4. The highest BCUT2D eigenvalue weighted by molar-refractivity contribution is 5.41. The molecule has 0 aromatic heterocycles. The Balaban J connectivity index is 1.92. The van der Waals surface area contributed by atoms with Crippen LogP contribution in [0.25, 0.3) is 0 Å². The molecule has 0 amide bonds. The van der Waals surface area contributed by atoms with Gasteiger partial charge in [0.15, 0.2) is 0 Å². The first kappa shape index (κ1) is 26.0. The third-order valence-electron chi connectivity index (χ3n) is 8.74. The summed E-state index contributed by atoms with van der Waals surface area (Å²) in [4.78, 5) is 0. The van der Waals surface area contributed by atoms with Crippen LogP contribution in [0.3, 0.4) is 0 Å². The fraction of sp³-hybridized carbons (Fsp3) is 0.333. The van der Waals surface area contributed by atoms with Gasteiger partial charge in [-0.1, -0.05) is 163 Å². The van der Waals surface area contributed by atoms with Gasteiger partial charge in [-0.3, -0.25) is 0 Å². The summed E-state index contributed by atoms with van der Waals surface area (Å²) in [5, 5.41) is 0. The molecule has 36 heavy (non-hydrogen) atoms. The summed E-state index contributed by atoms with van der Waals surface area (Å²) in [7, 11) is 0. The summed E-state index contributed by atoms with van der Waals surface area (Å²) < 4.78 is 0. The van der Waals surface area contributed by atoms with Crippen LogP contribution in [-0.4, -0.2) is 0 Å². The van der Waals surface area contributed by atoms with Crippen molar-refractivity contribution < 1.29 is 0 Å². The molecule has 0 bridgehead atoms. The molecular weight excluding hydrogens is 432 g/mol. The van der Waals surface area contributed by atoms with Gasteiger partial charge in [0, 0.05) is 10.8 Å². The second-order valence-electron chi connectivity index (χ2n) is 12.2. The molecule has 0 aliphatic rings. The summed E-state index contributed by atoms with van der Waals surface area (Å²) in [6.07, 6.45) is 2.06. The van der Waals surface area contributed by atoms with Crippen molar-refractivity contribution in [2.45, 2.75) is 76.0 Å². The van der Waals surface area contributed by atoms with Crippen LogP contribution in [0.1, 0.15) is 76.6 Å². The third-order valence-corrected chi connectivity index (χ3v) is 8.74. The molecule has 0 N–H and O–H groups in total. The maximum absolute atomic E-state index is 2.51. The zero-order valence-corrected chi connectivity index (χ0v) is 23.0. The highest BCUT2D eigenvalue weighted by Gasteiger charge is 2.51. The Morgan fingerprint density at radius 3 is 0.806 bits per heavy atom. The van der Waals surface area contributed by atoms with Gasteiger partial charge >= 0.3 is 0 Å². The van der Waals surface area contributed by atoms with E-state index in [-0.39, 0.29) is 21.7 Å². The van der Waals surface area contributed by atoms with Crippen molar-refractivity contribution in [1.29, 1.82) is 0 Å². The van der Waals surface area contributed by atoms with Crippen molar-refractivity contribution in [3.05, 3.63) is 144 Å². The molecular formula is C36H42. The van der Waals surface area contributed by atoms with E-state index in [2.05, 4.69) is 163 Å². The molecule has 0 nitrogen and oxygen atoms in total. The first-order valence-corrected chi connectivity index (χ1v) is 13.3.